The van der Waals surface area contributed by atoms with Gasteiger partial charge < -0.3 is 66.5 Å². The number of urea groups is 1. The standard InChI is InChI=1S/C67H98N8O23/c1-46-36-48(21-24-55(46)80)37-50(39-52(79)22-23-54(66(94)95)75-34-32-73(42-62(87)88)30-28-72(41-61(85)86)29-31-74(33-35-75)43-63(89)90)64(91)69-53(38-47-14-6-4-7-15-47)56(81)40-49(65(92)93)16-8-5-10-18-51(78)17-9-2-3-11-19-57(82)68-27-13-12-20-58(97-44-76)70-67(96)71-59(98-45-77)25-26-60(83)84/h4,6-7,14-15,21,24,36,44-45,49-50,53-54,58-59,80H,2-3,5,8-13,16-20,22-23,25-35,37-43H2,1H3,(H,68,82)(H,69,91)(H,83,84)(H,85,86)(H,87,88)(H,89,90)(H,92,93)(H,94,95)(H2,70,71,96)/t49-,50-,53+,54?,58+,59+/m0/s1. The number of aliphatic carboxylic acids is 6. The van der Waals surface area contributed by atoms with E-state index in [4.69, 9.17) is 9.84 Å². The van der Waals surface area contributed by atoms with Crippen LogP contribution in [0.2, 0.25) is 0 Å². The first-order chi connectivity index (χ1) is 46.7. The van der Waals surface area contributed by atoms with Crippen LogP contribution < -0.4 is 21.3 Å². The molecule has 0 aliphatic carbocycles. The molecular weight excluding hydrogens is 1280 g/mol. The molecule has 11 N–H and O–H groups in total. The molecule has 31 heteroatoms. The van der Waals surface area contributed by atoms with Gasteiger partial charge in [-0.15, -0.1) is 0 Å². The molecule has 0 saturated carbocycles. The fraction of sp³-hybridized carbons (Fsp3) is 0.612. The van der Waals surface area contributed by atoms with Gasteiger partial charge in [-0.2, -0.15) is 0 Å². The number of aromatic hydroxyl groups is 1. The van der Waals surface area contributed by atoms with Crippen molar-refractivity contribution in [2.75, 3.05) is 78.5 Å². The zero-order valence-electron chi connectivity index (χ0n) is 55.7. The summed E-state index contributed by atoms with van der Waals surface area (Å²) in [6, 6.07) is 9.91. The van der Waals surface area contributed by atoms with Crippen LogP contribution in [0.1, 0.15) is 145 Å². The Balaban J connectivity index is 1.57. The van der Waals surface area contributed by atoms with E-state index in [0.717, 1.165) is 0 Å². The normalized spacial score (nSPS) is 15.4. The van der Waals surface area contributed by atoms with Crippen LogP contribution in [0.15, 0.2) is 48.5 Å². The minimum Gasteiger partial charge on any atom is -0.508 e. The van der Waals surface area contributed by atoms with Gasteiger partial charge in [-0.05, 0) is 87.5 Å². The van der Waals surface area contributed by atoms with Gasteiger partial charge in [-0.1, -0.05) is 68.1 Å². The van der Waals surface area contributed by atoms with Gasteiger partial charge in [0.15, 0.2) is 18.2 Å². The molecule has 1 aliphatic heterocycles. The molecule has 1 unspecified atom stereocenters. The molecule has 0 radical (unpaired) electrons. The molecule has 1 fully saturated rings. The number of Topliss-reactive ketones (excluding diaryl/α,β-unsaturated/α-hetero) is 3. The fourth-order valence-electron chi connectivity index (χ4n) is 11.3. The van der Waals surface area contributed by atoms with E-state index in [9.17, 15) is 97.8 Å². The van der Waals surface area contributed by atoms with E-state index in [0.29, 0.717) is 87.4 Å². The molecule has 2 aromatic rings. The summed E-state index contributed by atoms with van der Waals surface area (Å²) in [5.41, 5.74) is 1.68. The van der Waals surface area contributed by atoms with Gasteiger partial charge in [-0.25, -0.2) is 4.79 Å². The average molecular weight is 1380 g/mol. The molecule has 31 nitrogen and oxygen atoms in total. The third-order valence-electron chi connectivity index (χ3n) is 16.7. The third-order valence-corrected chi connectivity index (χ3v) is 16.7. The summed E-state index contributed by atoms with van der Waals surface area (Å²) in [5.74, 6) is -11.4. The van der Waals surface area contributed by atoms with Crippen LogP contribution in [0, 0.1) is 18.8 Å². The lowest BCUT2D eigenvalue weighted by atomic mass is 9.88. The zero-order valence-corrected chi connectivity index (χ0v) is 55.7. The summed E-state index contributed by atoms with van der Waals surface area (Å²) >= 11 is 0. The monoisotopic (exact) mass is 1380 g/mol. The number of nitrogens with one attached hydrogen (secondary N) is 4. The minimum atomic E-state index is -1.34. The number of unbranched alkanes of at least 4 members (excludes halogenated alkanes) is 6. The van der Waals surface area contributed by atoms with Crippen molar-refractivity contribution in [3.8, 4) is 5.75 Å². The molecule has 2 aromatic carbocycles. The Kier molecular flexibility index (Phi) is 40.0. The molecule has 1 aliphatic rings. The van der Waals surface area contributed by atoms with E-state index in [1.807, 2.05) is 0 Å². The zero-order chi connectivity index (χ0) is 72.4. The first kappa shape index (κ1) is 83.3. The molecule has 0 aromatic heterocycles. The van der Waals surface area contributed by atoms with Crippen LogP contribution in [0.25, 0.3) is 0 Å². The maximum Gasteiger partial charge on any atom is 0.320 e. The number of nitrogens with zero attached hydrogens (tertiary/aromatic N) is 4. The van der Waals surface area contributed by atoms with Gasteiger partial charge in [0, 0.05) is 116 Å². The van der Waals surface area contributed by atoms with Crippen LogP contribution in [0.4, 0.5) is 4.79 Å². The Morgan fingerprint density at radius 2 is 1.03 bits per heavy atom. The number of hydrogen-bond donors (Lipinski definition) is 11. The number of hydrogen-bond acceptors (Lipinski definition) is 21. The molecule has 4 amide bonds. The van der Waals surface area contributed by atoms with Crippen molar-refractivity contribution in [3.63, 3.8) is 0 Å². The van der Waals surface area contributed by atoms with Crippen LogP contribution in [-0.4, -0.2) is 242 Å². The molecule has 6 atom stereocenters. The van der Waals surface area contributed by atoms with Crippen molar-refractivity contribution in [3.05, 3.63) is 65.2 Å². The SMILES string of the molecule is Cc1cc(C[C@@H](CC(=O)CCC(C(=O)O)N2CCN(CC(=O)O)CCN(CC(=O)O)CCN(CC(=O)O)CC2)C(=O)N[C@H](Cc2ccccc2)C(=O)C[C@H](CCCCCC(=O)CCCCCCC(=O)NCCCC[C@H](NC(=O)N[C@@H](CCC(=O)O)OC=O)OC=O)C(=O)O)ccc1O. The topological polar surface area (TPSA) is 460 Å². The van der Waals surface area contributed by atoms with Crippen LogP contribution in [0.3, 0.4) is 0 Å². The molecular formula is C67H98N8O23. The van der Waals surface area contributed by atoms with Crippen LogP contribution >= 0.6 is 0 Å². The highest BCUT2D eigenvalue weighted by Gasteiger charge is 2.33. The predicted molar refractivity (Wildman–Crippen MR) is 350 cm³/mol. The number of carbonyl (C=O) groups is 14. The van der Waals surface area contributed by atoms with Gasteiger partial charge >= 0.3 is 41.8 Å². The van der Waals surface area contributed by atoms with E-state index in [2.05, 4.69) is 26.0 Å². The Morgan fingerprint density at radius 1 is 0.500 bits per heavy atom. The smallest absolute Gasteiger partial charge is 0.320 e. The summed E-state index contributed by atoms with van der Waals surface area (Å²) < 4.78 is 9.56. The Bertz CT molecular complexity index is 2890. The molecule has 0 spiro atoms. The fourth-order valence-corrected chi connectivity index (χ4v) is 11.3. The second kappa shape index (κ2) is 47.1. The highest BCUT2D eigenvalue weighted by Crippen LogP contribution is 2.24. The molecule has 0 bridgehead atoms. The number of aryl methyl sites for hydroxylation is 1. The molecule has 544 valence electrons. The maximum absolute atomic E-state index is 14.6. The van der Waals surface area contributed by atoms with Gasteiger partial charge in [-0.3, -0.25) is 81.9 Å². The predicted octanol–water partition coefficient (Wildman–Crippen LogP) is 3.22. The number of ether oxygens (including phenoxy) is 2. The largest absolute Gasteiger partial charge is 0.508 e. The number of carboxylic acids is 6. The average Bonchev–Trinajstić information content (AvgIpc) is 0.927. The van der Waals surface area contributed by atoms with E-state index in [1.165, 1.54) is 20.8 Å². The van der Waals surface area contributed by atoms with Crippen molar-refractivity contribution in [2.24, 2.45) is 11.8 Å². The summed E-state index contributed by atoms with van der Waals surface area (Å²) in [7, 11) is 0. The number of phenols is 1. The molecule has 98 heavy (non-hydrogen) atoms. The summed E-state index contributed by atoms with van der Waals surface area (Å²) in [6.45, 7) is 1.32. The lowest BCUT2D eigenvalue weighted by Gasteiger charge is -2.35. The number of phenolic OH excluding ortho intramolecular Hbond substituents is 1. The Hall–Kier alpha value is -8.94. The van der Waals surface area contributed by atoms with Crippen molar-refractivity contribution >= 4 is 84.0 Å². The quantitative estimate of drug-likeness (QED) is 0.0257. The lowest BCUT2D eigenvalue weighted by Crippen LogP contribution is -2.52. The maximum atomic E-state index is 14.6. The highest BCUT2D eigenvalue weighted by atomic mass is 16.5. The summed E-state index contributed by atoms with van der Waals surface area (Å²) in [5, 5.41) is 79.4. The summed E-state index contributed by atoms with van der Waals surface area (Å²) in [6.07, 6.45) is 1.71. The lowest BCUT2D eigenvalue weighted by molar-refractivity contribution is -0.145. The van der Waals surface area contributed by atoms with Crippen molar-refractivity contribution in [2.45, 2.75) is 173 Å². The van der Waals surface area contributed by atoms with Gasteiger partial charge in [0.05, 0.1) is 38.0 Å². The van der Waals surface area contributed by atoms with Crippen molar-refractivity contribution < 1.29 is 112 Å². The van der Waals surface area contributed by atoms with Gasteiger partial charge in [0.1, 0.15) is 23.4 Å². The van der Waals surface area contributed by atoms with Crippen LogP contribution in [0.5, 0.6) is 5.75 Å². The number of rotatable bonds is 50. The molecule has 1 heterocycles. The minimum absolute atomic E-state index is 0.0197. The second-order valence-electron chi connectivity index (χ2n) is 24.5. The first-order valence-corrected chi connectivity index (χ1v) is 33.2. The van der Waals surface area contributed by atoms with Gasteiger partial charge in [0.2, 0.25) is 11.8 Å². The number of carbonyl (C=O) groups excluding carboxylic acids is 8. The number of ketones is 3. The second-order valence-corrected chi connectivity index (χ2v) is 24.5. The van der Waals surface area contributed by atoms with E-state index >= 15 is 0 Å². The number of benzene rings is 2. The van der Waals surface area contributed by atoms with Gasteiger partial charge in [0.25, 0.3) is 12.9 Å². The number of amides is 4. The number of carboxylic acid groups (broad SMARTS) is 6. The third kappa shape index (κ3) is 36.4. The Morgan fingerprint density at radius 3 is 1.55 bits per heavy atom. The van der Waals surface area contributed by atoms with E-state index in [-0.39, 0.29) is 153 Å². The summed E-state index contributed by atoms with van der Waals surface area (Å²) in [4.78, 5) is 181. The highest BCUT2D eigenvalue weighted by molar-refractivity contribution is 5.94. The van der Waals surface area contributed by atoms with E-state index < -0.39 is 122 Å². The van der Waals surface area contributed by atoms with Crippen molar-refractivity contribution in [1.29, 1.82) is 0 Å². The Labute approximate surface area is 569 Å². The van der Waals surface area contributed by atoms with Crippen molar-refractivity contribution in [1.82, 2.24) is 40.9 Å². The van der Waals surface area contributed by atoms with E-state index in [1.54, 1.807) is 54.3 Å². The first-order valence-electron chi connectivity index (χ1n) is 33.2. The van der Waals surface area contributed by atoms with Crippen LogP contribution in [-0.2, 0) is 84.6 Å². The molecule has 1 saturated heterocycles. The molecule has 3 rings (SSSR count).